The first-order valence-corrected chi connectivity index (χ1v) is 14.9. The number of nitrogens with zero attached hydrogens (tertiary/aromatic N) is 2. The maximum absolute atomic E-state index is 13.5. The zero-order valence-electron chi connectivity index (χ0n) is 20.5. The number of hydrogen-bond donors (Lipinski definition) is 4. The first-order valence-electron chi connectivity index (χ1n) is 12.2. The van der Waals surface area contributed by atoms with Gasteiger partial charge in [-0.3, -0.25) is 4.79 Å². The fraction of sp³-hybridized carbons (Fsp3) is 0.591. The lowest BCUT2D eigenvalue weighted by Crippen LogP contribution is -2.45. The smallest absolute Gasteiger partial charge is 0.388 e. The average molecular weight is 611 g/mol. The molecule has 2 aromatic heterocycles. The predicted molar refractivity (Wildman–Crippen MR) is 139 cm³/mol. The van der Waals surface area contributed by atoms with Gasteiger partial charge in [-0.2, -0.15) is 8.78 Å². The first kappa shape index (κ1) is 28.0. The van der Waals surface area contributed by atoms with E-state index in [4.69, 9.17) is 12.2 Å². The number of thiocarbonyl (C=S) groups is 1. The SMILES string of the molecule is Cn1nc(OC(F)F)cc1NC(=S)N[C@H]1CCc2sc(NC(=O)C3CC3F)c(S(=O)(=O)NC3CC(F)C3)c2C1. The fourth-order valence-electron chi connectivity index (χ4n) is 4.65. The van der Waals surface area contributed by atoms with Crippen LogP contribution in [0.5, 0.6) is 5.88 Å². The topological polar surface area (TPSA) is 126 Å². The third kappa shape index (κ3) is 6.30. The molecule has 0 radical (unpaired) electrons. The maximum Gasteiger partial charge on any atom is 0.388 e. The number of alkyl halides is 4. The summed E-state index contributed by atoms with van der Waals surface area (Å²) in [7, 11) is -2.61. The minimum atomic E-state index is -4.13. The van der Waals surface area contributed by atoms with Crippen LogP contribution in [0.15, 0.2) is 11.0 Å². The van der Waals surface area contributed by atoms with Crippen LogP contribution >= 0.6 is 23.6 Å². The molecule has 1 amide bonds. The van der Waals surface area contributed by atoms with Gasteiger partial charge in [0.2, 0.25) is 21.8 Å². The van der Waals surface area contributed by atoms with Crippen LogP contribution in [0.25, 0.3) is 0 Å². The summed E-state index contributed by atoms with van der Waals surface area (Å²) in [5.41, 5.74) is 0.506. The summed E-state index contributed by atoms with van der Waals surface area (Å²) in [6.45, 7) is -3.03. The Balaban J connectivity index is 1.32. The standard InChI is InChI=1S/C22H26F4N6O4S3/c1-32-16(8-17(30-32)36-21(25)26)28-22(37)27-10-2-3-15-13(6-10)18(39(34,35)31-11-4-9(23)5-11)20(38-15)29-19(33)12-7-14(12)24/h8-12,14,21,31H,2-7H2,1H3,(H,29,33)(H2,27,28,37)/t9?,10-,11?,12?,14?/m0/s1. The number of fused-ring (bicyclic) bond motifs is 1. The number of amides is 1. The quantitative estimate of drug-likeness (QED) is 0.252. The maximum atomic E-state index is 13.5. The summed E-state index contributed by atoms with van der Waals surface area (Å²) >= 11 is 6.51. The second-order valence-corrected chi connectivity index (χ2v) is 13.0. The highest BCUT2D eigenvalue weighted by Crippen LogP contribution is 2.43. The molecule has 3 atom stereocenters. The van der Waals surface area contributed by atoms with Crippen molar-refractivity contribution >= 4 is 55.4 Å². The lowest BCUT2D eigenvalue weighted by molar-refractivity contribution is -0.117. The van der Waals surface area contributed by atoms with Crippen molar-refractivity contribution in [1.29, 1.82) is 0 Å². The summed E-state index contributed by atoms with van der Waals surface area (Å²) < 4.78 is 86.7. The first-order chi connectivity index (χ1) is 18.4. The van der Waals surface area contributed by atoms with Crippen molar-refractivity contribution < 1.29 is 35.5 Å². The van der Waals surface area contributed by atoms with Crippen LogP contribution in [0.4, 0.5) is 28.4 Å². The zero-order valence-corrected chi connectivity index (χ0v) is 23.0. The Morgan fingerprint density at radius 2 is 1.95 bits per heavy atom. The number of anilines is 2. The average Bonchev–Trinajstić information content (AvgIpc) is 3.29. The van der Waals surface area contributed by atoms with E-state index >= 15 is 0 Å². The van der Waals surface area contributed by atoms with Gasteiger partial charge in [-0.25, -0.2) is 26.6 Å². The number of sulfonamides is 1. The largest absolute Gasteiger partial charge is 0.415 e. The third-order valence-electron chi connectivity index (χ3n) is 6.81. The zero-order chi connectivity index (χ0) is 28.1. The third-order valence-corrected chi connectivity index (χ3v) is 10.0. The van der Waals surface area contributed by atoms with Crippen molar-refractivity contribution in [2.24, 2.45) is 13.0 Å². The molecule has 0 saturated heterocycles. The van der Waals surface area contributed by atoms with Gasteiger partial charge in [0, 0.05) is 30.1 Å². The van der Waals surface area contributed by atoms with Crippen molar-refractivity contribution in [2.45, 2.75) is 74.5 Å². The monoisotopic (exact) mass is 610 g/mol. The molecule has 10 nitrogen and oxygen atoms in total. The number of thiophene rings is 1. The van der Waals surface area contributed by atoms with Crippen LogP contribution in [-0.2, 0) is 34.7 Å². The van der Waals surface area contributed by atoms with Crippen molar-refractivity contribution in [3.05, 3.63) is 16.5 Å². The molecule has 0 aromatic carbocycles. The van der Waals surface area contributed by atoms with Gasteiger partial charge in [0.15, 0.2) is 5.11 Å². The molecule has 2 aromatic rings. The van der Waals surface area contributed by atoms with Gasteiger partial charge in [-0.05, 0) is 56.3 Å². The molecule has 2 unspecified atom stereocenters. The molecule has 3 aliphatic carbocycles. The van der Waals surface area contributed by atoms with E-state index in [1.807, 2.05) is 0 Å². The second-order valence-electron chi connectivity index (χ2n) is 9.80. The molecule has 0 aliphatic heterocycles. The molecule has 2 heterocycles. The van der Waals surface area contributed by atoms with E-state index in [2.05, 4.69) is 30.5 Å². The van der Waals surface area contributed by atoms with Crippen molar-refractivity contribution in [3.63, 3.8) is 0 Å². The Hall–Kier alpha value is -2.50. The molecule has 5 rings (SSSR count). The van der Waals surface area contributed by atoms with E-state index in [1.165, 1.54) is 17.8 Å². The molecule has 214 valence electrons. The molecule has 17 heteroatoms. The Morgan fingerprint density at radius 3 is 2.59 bits per heavy atom. The highest BCUT2D eigenvalue weighted by Gasteiger charge is 2.45. The van der Waals surface area contributed by atoms with Gasteiger partial charge in [-0.1, -0.05) is 0 Å². The number of carbonyl (C=O) groups is 1. The van der Waals surface area contributed by atoms with Gasteiger partial charge < -0.3 is 20.7 Å². The van der Waals surface area contributed by atoms with E-state index in [0.717, 1.165) is 16.2 Å². The van der Waals surface area contributed by atoms with E-state index in [9.17, 15) is 30.8 Å². The minimum absolute atomic E-state index is 0.0705. The molecule has 3 aliphatic rings. The number of hydrogen-bond acceptors (Lipinski definition) is 7. The normalized spacial score (nSPS) is 25.9. The van der Waals surface area contributed by atoms with E-state index in [-0.39, 0.29) is 52.6 Å². The number of carbonyl (C=O) groups excluding carboxylic acids is 1. The minimum Gasteiger partial charge on any atom is -0.415 e. The van der Waals surface area contributed by atoms with Gasteiger partial charge in [0.05, 0.1) is 5.92 Å². The highest BCUT2D eigenvalue weighted by molar-refractivity contribution is 7.90. The summed E-state index contributed by atoms with van der Waals surface area (Å²) in [6, 6.07) is 0.412. The Labute approximate surface area is 230 Å². The number of halogens is 4. The lowest BCUT2D eigenvalue weighted by Gasteiger charge is -2.30. The van der Waals surface area contributed by atoms with E-state index in [1.54, 1.807) is 0 Å². The summed E-state index contributed by atoms with van der Waals surface area (Å²) in [5, 5.41) is 12.7. The number of aryl methyl sites for hydroxylation is 2. The van der Waals surface area contributed by atoms with E-state index in [0.29, 0.717) is 24.2 Å². The molecule has 0 bridgehead atoms. The molecule has 2 fully saturated rings. The summed E-state index contributed by atoms with van der Waals surface area (Å²) in [5.74, 6) is -1.36. The number of aromatic nitrogens is 2. The summed E-state index contributed by atoms with van der Waals surface area (Å²) in [6.07, 6.45) is -0.749. The van der Waals surface area contributed by atoms with Gasteiger partial charge >= 0.3 is 6.61 Å². The highest BCUT2D eigenvalue weighted by atomic mass is 32.2. The molecular weight excluding hydrogens is 584 g/mol. The predicted octanol–water partition coefficient (Wildman–Crippen LogP) is 3.00. The number of ether oxygens (including phenoxy) is 1. The van der Waals surface area contributed by atoms with Crippen molar-refractivity contribution in [2.75, 3.05) is 10.6 Å². The van der Waals surface area contributed by atoms with Crippen LogP contribution in [0.3, 0.4) is 0 Å². The van der Waals surface area contributed by atoms with E-state index < -0.39 is 46.8 Å². The molecule has 0 spiro atoms. The Bertz CT molecular complexity index is 1380. The van der Waals surface area contributed by atoms with Gasteiger partial charge in [-0.15, -0.1) is 16.4 Å². The molecule has 2 saturated carbocycles. The van der Waals surface area contributed by atoms with Crippen LogP contribution < -0.4 is 25.4 Å². The van der Waals surface area contributed by atoms with Crippen molar-refractivity contribution in [1.82, 2.24) is 19.8 Å². The lowest BCUT2D eigenvalue weighted by atomic mass is 9.92. The molecular formula is C22H26F4N6O4S3. The summed E-state index contributed by atoms with van der Waals surface area (Å²) in [4.78, 5) is 13.2. The second kappa shape index (κ2) is 10.8. The van der Waals surface area contributed by atoms with Crippen LogP contribution in [0.1, 0.15) is 36.1 Å². The molecule has 39 heavy (non-hydrogen) atoms. The molecule has 4 N–H and O–H groups in total. The van der Waals surface area contributed by atoms with Crippen LogP contribution in [-0.4, -0.2) is 60.3 Å². The van der Waals surface area contributed by atoms with Crippen LogP contribution in [0.2, 0.25) is 0 Å². The number of nitrogens with one attached hydrogen (secondary N) is 4. The Kier molecular flexibility index (Phi) is 7.78. The van der Waals surface area contributed by atoms with Crippen molar-refractivity contribution in [3.8, 4) is 5.88 Å². The van der Waals surface area contributed by atoms with Crippen LogP contribution in [0, 0.1) is 5.92 Å². The van der Waals surface area contributed by atoms with Gasteiger partial charge in [0.1, 0.15) is 28.1 Å². The number of rotatable bonds is 9. The Morgan fingerprint density at radius 1 is 1.23 bits per heavy atom. The van der Waals surface area contributed by atoms with Gasteiger partial charge in [0.25, 0.3) is 0 Å². The fourth-order valence-corrected chi connectivity index (χ4v) is 8.16.